The van der Waals surface area contributed by atoms with Crippen LogP contribution in [0.4, 0.5) is 0 Å². The molecule has 0 saturated carbocycles. The van der Waals surface area contributed by atoms with Crippen LogP contribution in [0.3, 0.4) is 0 Å². The smallest absolute Gasteiger partial charge is 0.328 e. The molecule has 0 heterocycles. The molecule has 1 atom stereocenters. The number of carbonyl (C=O) groups excluding carboxylic acids is 2. The second-order valence-corrected chi connectivity index (χ2v) is 3.82. The molecule has 0 aliphatic rings. The minimum absolute atomic E-state index is 0.148. The number of ether oxygens (including phenoxy) is 2. The fraction of sp³-hybridized carbons (Fsp3) is 0.333. The molecule has 4 nitrogen and oxygen atoms in total. The molecule has 1 rings (SSSR count). The Morgan fingerprint density at radius 3 is 2.59 bits per heavy atom. The average molecular weight is 257 g/mol. The highest BCUT2D eigenvalue weighted by atomic mass is 35.5. The van der Waals surface area contributed by atoms with Crippen molar-refractivity contribution in [3.05, 3.63) is 35.4 Å². The summed E-state index contributed by atoms with van der Waals surface area (Å²) in [7, 11) is 2.60. The minimum atomic E-state index is -0.863. The fourth-order valence-electron chi connectivity index (χ4n) is 1.34. The summed E-state index contributed by atoms with van der Waals surface area (Å²) in [6, 6.07) is 6.88. The first kappa shape index (κ1) is 13.5. The van der Waals surface area contributed by atoms with Crippen molar-refractivity contribution in [2.45, 2.75) is 11.8 Å². The summed E-state index contributed by atoms with van der Waals surface area (Å²) in [5.41, 5.74) is 1.34. The Labute approximate surface area is 104 Å². The van der Waals surface area contributed by atoms with Gasteiger partial charge in [0.1, 0.15) is 0 Å². The van der Waals surface area contributed by atoms with Crippen LogP contribution in [0.25, 0.3) is 0 Å². The number of hydrogen-bond donors (Lipinski definition) is 0. The number of carbonyl (C=O) groups is 2. The van der Waals surface area contributed by atoms with Gasteiger partial charge in [-0.2, -0.15) is 0 Å². The number of halogens is 1. The van der Waals surface area contributed by atoms with Crippen LogP contribution in [0.2, 0.25) is 0 Å². The van der Waals surface area contributed by atoms with E-state index >= 15 is 0 Å². The molecule has 92 valence electrons. The van der Waals surface area contributed by atoms with Crippen molar-refractivity contribution >= 4 is 23.5 Å². The molecule has 0 saturated heterocycles. The molecule has 0 spiro atoms. The van der Waals surface area contributed by atoms with Gasteiger partial charge >= 0.3 is 11.9 Å². The third-order valence-corrected chi connectivity index (χ3v) is 2.66. The van der Waals surface area contributed by atoms with Crippen LogP contribution in [0.1, 0.15) is 16.5 Å². The summed E-state index contributed by atoms with van der Waals surface area (Å²) in [5.74, 6) is -0.867. The number of rotatable bonds is 4. The number of esters is 2. The molecular formula is C12H13ClO4. The molecular weight excluding hydrogens is 244 g/mol. The molecule has 0 bridgehead atoms. The average Bonchev–Trinajstić information content (AvgIpc) is 2.37. The van der Waals surface area contributed by atoms with Gasteiger partial charge in [0.05, 0.1) is 20.6 Å². The van der Waals surface area contributed by atoms with Crippen molar-refractivity contribution in [1.29, 1.82) is 0 Å². The van der Waals surface area contributed by atoms with Gasteiger partial charge in [-0.25, -0.2) is 0 Å². The van der Waals surface area contributed by atoms with Gasteiger partial charge in [-0.1, -0.05) is 24.3 Å². The van der Waals surface area contributed by atoms with E-state index in [9.17, 15) is 9.59 Å². The molecule has 0 fully saturated rings. The number of methoxy groups -OCH3 is 2. The monoisotopic (exact) mass is 256 g/mol. The highest BCUT2D eigenvalue weighted by Gasteiger charge is 2.18. The molecule has 0 N–H and O–H groups in total. The van der Waals surface area contributed by atoms with E-state index in [-0.39, 0.29) is 12.4 Å². The summed E-state index contributed by atoms with van der Waals surface area (Å²) < 4.78 is 9.11. The zero-order valence-corrected chi connectivity index (χ0v) is 10.4. The number of benzene rings is 1. The molecule has 1 unspecified atom stereocenters. The normalized spacial score (nSPS) is 11.7. The quantitative estimate of drug-likeness (QED) is 0.609. The molecule has 5 heteroatoms. The standard InChI is InChI=1S/C12H13ClO4/c1-16-10(14)7-8-4-3-5-9(6-8)11(13)12(15)17-2/h3-6,11H,7H2,1-2H3. The lowest BCUT2D eigenvalue weighted by Gasteiger charge is -2.09. The van der Waals surface area contributed by atoms with Crippen molar-refractivity contribution in [3.63, 3.8) is 0 Å². The predicted molar refractivity (Wildman–Crippen MR) is 62.8 cm³/mol. The van der Waals surface area contributed by atoms with E-state index in [4.69, 9.17) is 11.6 Å². The van der Waals surface area contributed by atoms with Gasteiger partial charge < -0.3 is 9.47 Å². The first-order valence-corrected chi connectivity index (χ1v) is 5.39. The van der Waals surface area contributed by atoms with E-state index in [2.05, 4.69) is 9.47 Å². The van der Waals surface area contributed by atoms with Crippen LogP contribution in [0.5, 0.6) is 0 Å². The molecule has 0 amide bonds. The number of hydrogen-bond acceptors (Lipinski definition) is 4. The van der Waals surface area contributed by atoms with Gasteiger partial charge in [0, 0.05) is 0 Å². The summed E-state index contributed by atoms with van der Waals surface area (Å²) in [6.45, 7) is 0. The Morgan fingerprint density at radius 1 is 1.29 bits per heavy atom. The Hall–Kier alpha value is -1.55. The number of alkyl halides is 1. The Balaban J connectivity index is 2.85. The lowest BCUT2D eigenvalue weighted by Crippen LogP contribution is -2.10. The van der Waals surface area contributed by atoms with Crippen LogP contribution in [0.15, 0.2) is 24.3 Å². The third-order valence-electron chi connectivity index (χ3n) is 2.23. The van der Waals surface area contributed by atoms with Crippen LogP contribution in [-0.4, -0.2) is 26.2 Å². The van der Waals surface area contributed by atoms with Crippen molar-refractivity contribution in [1.82, 2.24) is 0 Å². The second kappa shape index (κ2) is 6.25. The molecule has 1 aromatic carbocycles. The third kappa shape index (κ3) is 3.75. The van der Waals surface area contributed by atoms with E-state index < -0.39 is 11.3 Å². The van der Waals surface area contributed by atoms with E-state index in [0.29, 0.717) is 5.56 Å². The Morgan fingerprint density at radius 2 is 2.00 bits per heavy atom. The van der Waals surface area contributed by atoms with E-state index in [0.717, 1.165) is 5.56 Å². The van der Waals surface area contributed by atoms with E-state index in [1.165, 1.54) is 14.2 Å². The van der Waals surface area contributed by atoms with Crippen molar-refractivity contribution in [2.24, 2.45) is 0 Å². The van der Waals surface area contributed by atoms with Crippen LogP contribution in [0, 0.1) is 0 Å². The lowest BCUT2D eigenvalue weighted by atomic mass is 10.1. The predicted octanol–water partition coefficient (Wildman–Crippen LogP) is 1.85. The molecule has 1 aromatic rings. The van der Waals surface area contributed by atoms with Gasteiger partial charge in [-0.3, -0.25) is 9.59 Å². The van der Waals surface area contributed by atoms with E-state index in [1.54, 1.807) is 24.3 Å². The Bertz CT molecular complexity index is 417. The van der Waals surface area contributed by atoms with Crippen molar-refractivity contribution in [2.75, 3.05) is 14.2 Å². The molecule has 0 aliphatic heterocycles. The van der Waals surface area contributed by atoms with Gasteiger partial charge in [-0.05, 0) is 11.1 Å². The zero-order chi connectivity index (χ0) is 12.8. The Kier molecular flexibility index (Phi) is 4.97. The van der Waals surface area contributed by atoms with Gasteiger partial charge in [0.25, 0.3) is 0 Å². The van der Waals surface area contributed by atoms with Crippen LogP contribution in [-0.2, 0) is 25.5 Å². The summed E-state index contributed by atoms with van der Waals surface area (Å²) >= 11 is 5.91. The lowest BCUT2D eigenvalue weighted by molar-refractivity contribution is -0.140. The maximum absolute atomic E-state index is 11.3. The largest absolute Gasteiger partial charge is 0.469 e. The minimum Gasteiger partial charge on any atom is -0.469 e. The summed E-state index contributed by atoms with van der Waals surface area (Å²) in [6.07, 6.45) is 0.148. The highest BCUT2D eigenvalue weighted by Crippen LogP contribution is 2.22. The molecule has 0 aliphatic carbocycles. The molecule has 0 aromatic heterocycles. The first-order valence-electron chi connectivity index (χ1n) is 4.96. The second-order valence-electron chi connectivity index (χ2n) is 3.38. The summed E-state index contributed by atoms with van der Waals surface area (Å²) in [4.78, 5) is 22.4. The zero-order valence-electron chi connectivity index (χ0n) is 9.60. The maximum atomic E-state index is 11.3. The van der Waals surface area contributed by atoms with Gasteiger partial charge in [0.15, 0.2) is 5.38 Å². The highest BCUT2D eigenvalue weighted by molar-refractivity contribution is 6.29. The SMILES string of the molecule is COC(=O)Cc1cccc(C(Cl)C(=O)OC)c1. The van der Waals surface area contributed by atoms with E-state index in [1.807, 2.05) is 0 Å². The van der Waals surface area contributed by atoms with Gasteiger partial charge in [-0.15, -0.1) is 11.6 Å². The molecule has 0 radical (unpaired) electrons. The van der Waals surface area contributed by atoms with Crippen LogP contribution >= 0.6 is 11.6 Å². The van der Waals surface area contributed by atoms with Crippen molar-refractivity contribution < 1.29 is 19.1 Å². The topological polar surface area (TPSA) is 52.6 Å². The van der Waals surface area contributed by atoms with Crippen molar-refractivity contribution in [3.8, 4) is 0 Å². The first-order chi connectivity index (χ1) is 8.08. The van der Waals surface area contributed by atoms with Gasteiger partial charge in [0.2, 0.25) is 0 Å². The van der Waals surface area contributed by atoms with Crippen LogP contribution < -0.4 is 0 Å². The maximum Gasteiger partial charge on any atom is 0.328 e. The summed E-state index contributed by atoms with van der Waals surface area (Å²) in [5, 5.41) is -0.863. The molecule has 17 heavy (non-hydrogen) atoms. The fourth-order valence-corrected chi connectivity index (χ4v) is 1.56.